The Morgan fingerprint density at radius 2 is 1.89 bits per heavy atom. The molecule has 5 heteroatoms. The van der Waals surface area contributed by atoms with Gasteiger partial charge in [0.15, 0.2) is 0 Å². The van der Waals surface area contributed by atoms with Crippen molar-refractivity contribution in [2.75, 3.05) is 11.5 Å². The van der Waals surface area contributed by atoms with E-state index in [9.17, 15) is 9.90 Å². The molecule has 28 heavy (non-hydrogen) atoms. The number of rotatable bonds is 12. The van der Waals surface area contributed by atoms with Gasteiger partial charge in [-0.2, -0.15) is 11.8 Å². The summed E-state index contributed by atoms with van der Waals surface area (Å²) in [5.74, 6) is 3.23. The predicted octanol–water partition coefficient (Wildman–Crippen LogP) is 5.05. The predicted molar refractivity (Wildman–Crippen MR) is 115 cm³/mol. The molecular formula is C23H38O4S. The van der Waals surface area contributed by atoms with E-state index < -0.39 is 5.97 Å². The number of carboxylic acid groups (broad SMARTS) is 1. The van der Waals surface area contributed by atoms with Gasteiger partial charge in [-0.3, -0.25) is 4.79 Å². The molecule has 2 heterocycles. The van der Waals surface area contributed by atoms with Crippen molar-refractivity contribution in [2.45, 2.75) is 95.4 Å². The smallest absolute Gasteiger partial charge is 0.303 e. The molecule has 3 rings (SSSR count). The Kier molecular flexibility index (Phi) is 9.19. The molecule has 0 aromatic carbocycles. The van der Waals surface area contributed by atoms with Crippen molar-refractivity contribution in [3.8, 4) is 0 Å². The van der Waals surface area contributed by atoms with E-state index in [1.807, 2.05) is 17.8 Å². The molecule has 0 aromatic heterocycles. The Hall–Kier alpha value is -0.520. The fourth-order valence-electron chi connectivity index (χ4n) is 5.23. The summed E-state index contributed by atoms with van der Waals surface area (Å²) in [5, 5.41) is 19.1. The fourth-order valence-corrected chi connectivity index (χ4v) is 6.51. The second kappa shape index (κ2) is 11.6. The van der Waals surface area contributed by atoms with Gasteiger partial charge in [0.2, 0.25) is 0 Å². The number of fused-ring (bicyclic) bond motifs is 2. The monoisotopic (exact) mass is 410 g/mol. The fraction of sp³-hybridized carbons (Fsp3) is 0.870. The summed E-state index contributed by atoms with van der Waals surface area (Å²) >= 11 is 1.94. The Morgan fingerprint density at radius 3 is 2.68 bits per heavy atom. The molecule has 1 aliphatic carbocycles. The number of aliphatic hydroxyl groups excluding tert-OH is 1. The maximum absolute atomic E-state index is 10.6. The van der Waals surface area contributed by atoms with Crippen LogP contribution in [-0.4, -0.2) is 46.0 Å². The van der Waals surface area contributed by atoms with Gasteiger partial charge >= 0.3 is 5.97 Å². The third-order valence-electron chi connectivity index (χ3n) is 6.88. The van der Waals surface area contributed by atoms with E-state index in [0.29, 0.717) is 24.0 Å². The highest BCUT2D eigenvalue weighted by atomic mass is 32.2. The highest BCUT2D eigenvalue weighted by Crippen LogP contribution is 2.45. The summed E-state index contributed by atoms with van der Waals surface area (Å²) in [5.41, 5.74) is 0. The maximum Gasteiger partial charge on any atom is 0.303 e. The van der Waals surface area contributed by atoms with Gasteiger partial charge in [-0.1, -0.05) is 44.3 Å². The number of hydrogen-bond acceptors (Lipinski definition) is 4. The molecule has 1 saturated carbocycles. The molecule has 5 atom stereocenters. The van der Waals surface area contributed by atoms with E-state index in [-0.39, 0.29) is 12.5 Å². The van der Waals surface area contributed by atoms with Crippen LogP contribution in [-0.2, 0) is 9.53 Å². The summed E-state index contributed by atoms with van der Waals surface area (Å²) in [6.07, 6.45) is 17.9. The zero-order valence-corrected chi connectivity index (χ0v) is 18.0. The first-order chi connectivity index (χ1) is 13.6. The van der Waals surface area contributed by atoms with Crippen LogP contribution in [0.25, 0.3) is 0 Å². The summed E-state index contributed by atoms with van der Waals surface area (Å²) < 4.78 is 6.17. The van der Waals surface area contributed by atoms with Crippen LogP contribution in [0, 0.1) is 17.8 Å². The van der Waals surface area contributed by atoms with E-state index in [4.69, 9.17) is 9.84 Å². The molecule has 3 aliphatic rings. The Morgan fingerprint density at radius 1 is 1.11 bits per heavy atom. The van der Waals surface area contributed by atoms with E-state index in [1.54, 1.807) is 0 Å². The van der Waals surface area contributed by atoms with Crippen molar-refractivity contribution in [1.29, 1.82) is 0 Å². The lowest BCUT2D eigenvalue weighted by molar-refractivity contribution is -0.137. The lowest BCUT2D eigenvalue weighted by Crippen LogP contribution is -2.28. The van der Waals surface area contributed by atoms with Gasteiger partial charge in [0.1, 0.15) is 0 Å². The van der Waals surface area contributed by atoms with E-state index >= 15 is 0 Å². The molecule has 3 fully saturated rings. The van der Waals surface area contributed by atoms with Crippen LogP contribution in [0.5, 0.6) is 0 Å². The number of carbonyl (C=O) groups is 1. The number of aliphatic carboxylic acids is 1. The molecule has 2 saturated heterocycles. The number of unbranched alkanes of at least 4 members (excludes halogenated alkanes) is 1. The van der Waals surface area contributed by atoms with Crippen LogP contribution in [0.3, 0.4) is 0 Å². The molecule has 4 nitrogen and oxygen atoms in total. The second-order valence-electron chi connectivity index (χ2n) is 8.99. The number of hydrogen-bond donors (Lipinski definition) is 2. The molecule has 2 bridgehead atoms. The summed E-state index contributed by atoms with van der Waals surface area (Å²) in [6, 6.07) is 0. The van der Waals surface area contributed by atoms with E-state index in [2.05, 4.69) is 6.08 Å². The maximum atomic E-state index is 10.6. The van der Waals surface area contributed by atoms with Crippen LogP contribution >= 0.6 is 11.8 Å². The normalized spacial score (nSPS) is 31.6. The first kappa shape index (κ1) is 22.2. The third-order valence-corrected chi connectivity index (χ3v) is 8.07. The number of carboxylic acids is 1. The minimum Gasteiger partial charge on any atom is -0.481 e. The lowest BCUT2D eigenvalue weighted by Gasteiger charge is -2.26. The quantitative estimate of drug-likeness (QED) is 0.348. The van der Waals surface area contributed by atoms with Gasteiger partial charge in [0, 0.05) is 18.3 Å². The third kappa shape index (κ3) is 6.77. The zero-order valence-electron chi connectivity index (χ0n) is 17.1. The van der Waals surface area contributed by atoms with Crippen molar-refractivity contribution >= 4 is 17.7 Å². The summed E-state index contributed by atoms with van der Waals surface area (Å²) in [4.78, 5) is 10.6. The van der Waals surface area contributed by atoms with Crippen LogP contribution in [0.4, 0.5) is 0 Å². The average molecular weight is 411 g/mol. The Labute approximate surface area is 174 Å². The van der Waals surface area contributed by atoms with Crippen molar-refractivity contribution in [2.24, 2.45) is 17.8 Å². The highest BCUT2D eigenvalue weighted by Gasteiger charge is 2.47. The van der Waals surface area contributed by atoms with Gasteiger partial charge in [-0.15, -0.1) is 0 Å². The van der Waals surface area contributed by atoms with E-state index in [1.165, 1.54) is 38.5 Å². The molecule has 1 unspecified atom stereocenters. The minimum atomic E-state index is -0.696. The Balaban J connectivity index is 1.38. The van der Waals surface area contributed by atoms with Gasteiger partial charge in [-0.25, -0.2) is 0 Å². The molecule has 160 valence electrons. The van der Waals surface area contributed by atoms with Crippen molar-refractivity contribution in [3.05, 3.63) is 12.2 Å². The average Bonchev–Trinajstić information content (AvgIpc) is 3.30. The van der Waals surface area contributed by atoms with Crippen molar-refractivity contribution < 1.29 is 19.7 Å². The summed E-state index contributed by atoms with van der Waals surface area (Å²) in [7, 11) is 0. The zero-order chi connectivity index (χ0) is 19.8. The van der Waals surface area contributed by atoms with Crippen molar-refractivity contribution in [3.63, 3.8) is 0 Å². The highest BCUT2D eigenvalue weighted by molar-refractivity contribution is 7.99. The van der Waals surface area contributed by atoms with Crippen LogP contribution < -0.4 is 0 Å². The number of aliphatic hydroxyl groups is 1. The molecular weight excluding hydrogens is 372 g/mol. The number of ether oxygens (including phenoxy) is 1. The van der Waals surface area contributed by atoms with Crippen LogP contribution in [0.15, 0.2) is 12.2 Å². The largest absolute Gasteiger partial charge is 0.481 e. The molecule has 0 spiro atoms. The minimum absolute atomic E-state index is 0.280. The first-order valence-electron chi connectivity index (χ1n) is 11.4. The standard InChI is InChI=1S/C23H38O4S/c24-18(10-9-17-6-2-1-3-7-17)11-12-19-20(22-14-13-21(19)27-22)16-28-15-5-4-8-23(25)26/h11-12,17-22,24H,1-10,13-16H2,(H,25,26)/t18?,19-,20+,21-,22+/m0/s1. The van der Waals surface area contributed by atoms with Gasteiger partial charge in [0.25, 0.3) is 0 Å². The molecule has 0 amide bonds. The van der Waals surface area contributed by atoms with Crippen molar-refractivity contribution in [1.82, 2.24) is 0 Å². The molecule has 2 aliphatic heterocycles. The second-order valence-corrected chi connectivity index (χ2v) is 10.1. The molecule has 0 radical (unpaired) electrons. The molecule has 0 aromatic rings. The molecule has 2 N–H and O–H groups in total. The summed E-state index contributed by atoms with van der Waals surface area (Å²) in [6.45, 7) is 0. The van der Waals surface area contributed by atoms with Crippen LogP contribution in [0.2, 0.25) is 0 Å². The van der Waals surface area contributed by atoms with Gasteiger partial charge in [-0.05, 0) is 55.9 Å². The van der Waals surface area contributed by atoms with Gasteiger partial charge in [0.05, 0.1) is 18.3 Å². The first-order valence-corrected chi connectivity index (χ1v) is 12.6. The van der Waals surface area contributed by atoms with E-state index in [0.717, 1.165) is 49.5 Å². The number of thioether (sulfide) groups is 1. The van der Waals surface area contributed by atoms with Crippen LogP contribution in [0.1, 0.15) is 77.0 Å². The topological polar surface area (TPSA) is 66.8 Å². The Bertz CT molecular complexity index is 503. The van der Waals surface area contributed by atoms with Gasteiger partial charge < -0.3 is 14.9 Å². The SMILES string of the molecule is O=C(O)CCCCSC[C@@H]1[C@H](C=CC(O)CCC2CCCCC2)[C@@H]2CC[C@H]1O2. The lowest BCUT2D eigenvalue weighted by atomic mass is 9.80.